The van der Waals surface area contributed by atoms with Crippen LogP contribution < -0.4 is 4.74 Å². The quantitative estimate of drug-likeness (QED) is 0.709. The molecule has 1 rings (SSSR count). The number of hydrogen-bond acceptors (Lipinski definition) is 3. The van der Waals surface area contributed by atoms with Crippen LogP contribution in [0.3, 0.4) is 0 Å². The molecule has 80 valence electrons. The molecule has 0 N–H and O–H groups in total. The Morgan fingerprint density at radius 1 is 1.33 bits per heavy atom. The van der Waals surface area contributed by atoms with Gasteiger partial charge in [-0.05, 0) is 24.6 Å². The molecule has 0 unspecified atom stereocenters. The van der Waals surface area contributed by atoms with Crippen LogP contribution in [0.2, 0.25) is 0 Å². The van der Waals surface area contributed by atoms with Crippen LogP contribution in [0.15, 0.2) is 30.8 Å². The molecule has 0 aromatic heterocycles. The van der Waals surface area contributed by atoms with Crippen LogP contribution in [0.25, 0.3) is 5.57 Å². The first-order chi connectivity index (χ1) is 7.13. The molecule has 0 aliphatic carbocycles. The van der Waals surface area contributed by atoms with Crippen LogP contribution in [0.1, 0.15) is 12.5 Å². The molecule has 0 heterocycles. The first-order valence-electron chi connectivity index (χ1n) is 4.59. The van der Waals surface area contributed by atoms with E-state index >= 15 is 0 Å². The summed E-state index contributed by atoms with van der Waals surface area (Å²) in [4.78, 5) is 10.8. The third-order valence-corrected chi connectivity index (χ3v) is 1.93. The van der Waals surface area contributed by atoms with E-state index in [1.54, 1.807) is 12.1 Å². The number of esters is 1. The van der Waals surface area contributed by atoms with Crippen molar-refractivity contribution in [3.8, 4) is 5.75 Å². The van der Waals surface area contributed by atoms with Crippen LogP contribution in [-0.4, -0.2) is 19.7 Å². The normalized spacial score (nSPS) is 9.47. The molecule has 0 spiro atoms. The number of allylic oxidation sites excluding steroid dienone is 1. The van der Waals surface area contributed by atoms with Crippen LogP contribution in [0, 0.1) is 0 Å². The number of carbonyl (C=O) groups excluding carboxylic acids is 1. The predicted octanol–water partition coefficient (Wildman–Crippen LogP) is 2.27. The van der Waals surface area contributed by atoms with Gasteiger partial charge in [0.1, 0.15) is 5.75 Å². The monoisotopic (exact) mass is 206 g/mol. The molecule has 0 radical (unpaired) electrons. The number of benzene rings is 1. The number of rotatable bonds is 4. The highest BCUT2D eigenvalue weighted by Gasteiger charge is 2.01. The molecular weight excluding hydrogens is 192 g/mol. The van der Waals surface area contributed by atoms with E-state index in [2.05, 4.69) is 11.3 Å². The summed E-state index contributed by atoms with van der Waals surface area (Å²) >= 11 is 0. The lowest BCUT2D eigenvalue weighted by Crippen LogP contribution is -2.12. The molecule has 0 saturated heterocycles. The minimum atomic E-state index is -0.390. The Hall–Kier alpha value is -1.77. The van der Waals surface area contributed by atoms with Crippen LogP contribution >= 0.6 is 0 Å². The molecular formula is C12H14O3. The summed E-state index contributed by atoms with van der Waals surface area (Å²) < 4.78 is 9.65. The zero-order valence-electron chi connectivity index (χ0n) is 8.95. The number of hydrogen-bond donors (Lipinski definition) is 0. The number of carbonyl (C=O) groups is 1. The second kappa shape index (κ2) is 5.20. The predicted molar refractivity (Wildman–Crippen MR) is 58.7 cm³/mol. The van der Waals surface area contributed by atoms with Gasteiger partial charge in [0, 0.05) is 0 Å². The lowest BCUT2D eigenvalue weighted by molar-refractivity contribution is -0.142. The van der Waals surface area contributed by atoms with E-state index < -0.39 is 0 Å². The highest BCUT2D eigenvalue weighted by Crippen LogP contribution is 2.16. The Labute approximate surface area is 89.3 Å². The molecule has 0 saturated carbocycles. The summed E-state index contributed by atoms with van der Waals surface area (Å²) in [5, 5.41) is 0. The van der Waals surface area contributed by atoms with Gasteiger partial charge in [0.15, 0.2) is 6.61 Å². The van der Waals surface area contributed by atoms with Gasteiger partial charge in [-0.1, -0.05) is 24.3 Å². The summed E-state index contributed by atoms with van der Waals surface area (Å²) in [5.41, 5.74) is 2.05. The van der Waals surface area contributed by atoms with Crippen molar-refractivity contribution in [2.24, 2.45) is 0 Å². The Balaban J connectivity index is 2.57. The van der Waals surface area contributed by atoms with Crippen molar-refractivity contribution in [1.29, 1.82) is 0 Å². The van der Waals surface area contributed by atoms with E-state index in [-0.39, 0.29) is 12.6 Å². The fourth-order valence-corrected chi connectivity index (χ4v) is 1.04. The Morgan fingerprint density at radius 2 is 1.93 bits per heavy atom. The zero-order chi connectivity index (χ0) is 11.3. The van der Waals surface area contributed by atoms with E-state index in [1.807, 2.05) is 19.1 Å². The maximum absolute atomic E-state index is 10.8. The minimum absolute atomic E-state index is 0.0665. The van der Waals surface area contributed by atoms with Crippen LogP contribution in [-0.2, 0) is 9.53 Å². The van der Waals surface area contributed by atoms with Crippen LogP contribution in [0.5, 0.6) is 5.75 Å². The van der Waals surface area contributed by atoms with Crippen molar-refractivity contribution >= 4 is 11.5 Å². The largest absolute Gasteiger partial charge is 0.482 e. The fraction of sp³-hybridized carbons (Fsp3) is 0.250. The first-order valence-corrected chi connectivity index (χ1v) is 4.59. The van der Waals surface area contributed by atoms with Crippen LogP contribution in [0.4, 0.5) is 0 Å². The highest BCUT2D eigenvalue weighted by atomic mass is 16.6. The topological polar surface area (TPSA) is 35.5 Å². The average molecular weight is 206 g/mol. The van der Waals surface area contributed by atoms with Gasteiger partial charge in [-0.2, -0.15) is 0 Å². The molecule has 1 aromatic rings. The van der Waals surface area contributed by atoms with Gasteiger partial charge in [0.05, 0.1) is 7.11 Å². The molecule has 0 amide bonds. The third-order valence-electron chi connectivity index (χ3n) is 1.93. The van der Waals surface area contributed by atoms with Gasteiger partial charge in [-0.3, -0.25) is 0 Å². The second-order valence-corrected chi connectivity index (χ2v) is 3.17. The van der Waals surface area contributed by atoms with Gasteiger partial charge < -0.3 is 9.47 Å². The maximum Gasteiger partial charge on any atom is 0.343 e. The minimum Gasteiger partial charge on any atom is -0.482 e. The van der Waals surface area contributed by atoms with Crippen molar-refractivity contribution in [2.45, 2.75) is 6.92 Å². The average Bonchev–Trinajstić information content (AvgIpc) is 2.26. The number of methoxy groups -OCH3 is 1. The zero-order valence-corrected chi connectivity index (χ0v) is 8.95. The Kier molecular flexibility index (Phi) is 3.92. The SMILES string of the molecule is C=C(C)c1ccc(OCC(=O)OC)cc1. The highest BCUT2D eigenvalue weighted by molar-refractivity contribution is 5.71. The molecule has 3 heteroatoms. The van der Waals surface area contributed by atoms with Gasteiger partial charge in [-0.15, -0.1) is 0 Å². The van der Waals surface area contributed by atoms with Crippen molar-refractivity contribution in [3.63, 3.8) is 0 Å². The van der Waals surface area contributed by atoms with Crippen molar-refractivity contribution in [2.75, 3.05) is 13.7 Å². The van der Waals surface area contributed by atoms with Gasteiger partial charge in [0.2, 0.25) is 0 Å². The molecule has 0 atom stereocenters. The molecule has 0 bridgehead atoms. The fourth-order valence-electron chi connectivity index (χ4n) is 1.04. The lowest BCUT2D eigenvalue weighted by atomic mass is 10.1. The molecule has 15 heavy (non-hydrogen) atoms. The first kappa shape index (κ1) is 11.3. The van der Waals surface area contributed by atoms with Gasteiger partial charge in [0.25, 0.3) is 0 Å². The molecule has 0 fully saturated rings. The standard InChI is InChI=1S/C12H14O3/c1-9(2)10-4-6-11(7-5-10)15-8-12(13)14-3/h4-7H,1,8H2,2-3H3. The summed E-state index contributed by atoms with van der Waals surface area (Å²) in [7, 11) is 1.33. The van der Waals surface area contributed by atoms with E-state index in [0.29, 0.717) is 5.75 Å². The van der Waals surface area contributed by atoms with Crippen molar-refractivity contribution < 1.29 is 14.3 Å². The van der Waals surface area contributed by atoms with E-state index in [0.717, 1.165) is 11.1 Å². The van der Waals surface area contributed by atoms with E-state index in [9.17, 15) is 4.79 Å². The Bertz CT molecular complexity index is 352. The lowest BCUT2D eigenvalue weighted by Gasteiger charge is -2.05. The van der Waals surface area contributed by atoms with Gasteiger partial charge in [-0.25, -0.2) is 4.79 Å². The van der Waals surface area contributed by atoms with E-state index in [4.69, 9.17) is 4.74 Å². The van der Waals surface area contributed by atoms with Gasteiger partial charge >= 0.3 is 5.97 Å². The van der Waals surface area contributed by atoms with E-state index in [1.165, 1.54) is 7.11 Å². The number of ether oxygens (including phenoxy) is 2. The Morgan fingerprint density at radius 3 is 2.40 bits per heavy atom. The molecule has 0 aliphatic rings. The molecule has 1 aromatic carbocycles. The summed E-state index contributed by atoms with van der Waals surface area (Å²) in [6, 6.07) is 7.39. The second-order valence-electron chi connectivity index (χ2n) is 3.17. The maximum atomic E-state index is 10.8. The summed E-state index contributed by atoms with van der Waals surface area (Å²) in [6.45, 7) is 5.70. The van der Waals surface area contributed by atoms with Crippen molar-refractivity contribution in [1.82, 2.24) is 0 Å². The summed E-state index contributed by atoms with van der Waals surface area (Å²) in [6.07, 6.45) is 0. The molecule has 0 aliphatic heterocycles. The van der Waals surface area contributed by atoms with Crippen molar-refractivity contribution in [3.05, 3.63) is 36.4 Å². The molecule has 3 nitrogen and oxygen atoms in total. The third kappa shape index (κ3) is 3.46. The smallest absolute Gasteiger partial charge is 0.343 e. The summed E-state index contributed by atoms with van der Waals surface area (Å²) in [5.74, 6) is 0.254.